The van der Waals surface area contributed by atoms with Gasteiger partial charge in [-0.05, 0) is 42.7 Å². The molecule has 1 aliphatic carbocycles. The van der Waals surface area contributed by atoms with Gasteiger partial charge in [-0.2, -0.15) is 0 Å². The Labute approximate surface area is 107 Å². The zero-order chi connectivity index (χ0) is 11.8. The second-order valence-electron chi connectivity index (χ2n) is 4.96. The fourth-order valence-electron chi connectivity index (χ4n) is 2.42. The fourth-order valence-corrected chi connectivity index (χ4v) is 3.73. The minimum Gasteiger partial charge on any atom is -0.309 e. The van der Waals surface area contributed by atoms with E-state index in [2.05, 4.69) is 37.4 Å². The van der Waals surface area contributed by atoms with Crippen molar-refractivity contribution in [2.45, 2.75) is 45.7 Å². The third-order valence-electron chi connectivity index (χ3n) is 3.58. The van der Waals surface area contributed by atoms with Gasteiger partial charge in [0.1, 0.15) is 0 Å². The summed E-state index contributed by atoms with van der Waals surface area (Å²) in [5.74, 6) is 0. The summed E-state index contributed by atoms with van der Waals surface area (Å²) in [6.45, 7) is 5.55. The molecule has 0 radical (unpaired) electrons. The summed E-state index contributed by atoms with van der Waals surface area (Å²) in [5, 5.41) is 5.12. The molecule has 2 aromatic rings. The highest BCUT2D eigenvalue weighted by Crippen LogP contribution is 2.34. The van der Waals surface area contributed by atoms with Gasteiger partial charge in [-0.25, -0.2) is 0 Å². The van der Waals surface area contributed by atoms with E-state index in [4.69, 9.17) is 0 Å². The molecule has 1 aromatic carbocycles. The van der Waals surface area contributed by atoms with E-state index in [0.717, 1.165) is 19.0 Å². The van der Waals surface area contributed by atoms with E-state index in [1.54, 1.807) is 10.4 Å². The van der Waals surface area contributed by atoms with E-state index in [1.165, 1.54) is 28.5 Å². The van der Waals surface area contributed by atoms with Gasteiger partial charge in [-0.1, -0.05) is 25.1 Å². The van der Waals surface area contributed by atoms with Crippen molar-refractivity contribution in [2.75, 3.05) is 0 Å². The van der Waals surface area contributed by atoms with Gasteiger partial charge in [-0.3, -0.25) is 0 Å². The number of thiophene rings is 1. The quantitative estimate of drug-likeness (QED) is 0.857. The van der Waals surface area contributed by atoms with Gasteiger partial charge in [0.15, 0.2) is 0 Å². The number of nitrogens with one attached hydrogen (secondary N) is 1. The minimum absolute atomic E-state index is 0.797. The van der Waals surface area contributed by atoms with E-state index in [0.29, 0.717) is 0 Å². The average molecular weight is 245 g/mol. The lowest BCUT2D eigenvalue weighted by molar-refractivity contribution is 0.692. The monoisotopic (exact) mass is 245 g/mol. The van der Waals surface area contributed by atoms with Crippen LogP contribution in [0, 0.1) is 6.92 Å². The molecule has 1 nitrogen and oxygen atoms in total. The SMILES string of the molecule is CCc1c(CNC2CC2)sc2c(C)cccc12. The largest absolute Gasteiger partial charge is 0.309 e. The number of aryl methyl sites for hydroxylation is 2. The first-order valence-electron chi connectivity index (χ1n) is 6.53. The van der Waals surface area contributed by atoms with Crippen LogP contribution >= 0.6 is 11.3 Å². The first kappa shape index (κ1) is 11.2. The molecule has 1 fully saturated rings. The number of hydrogen-bond donors (Lipinski definition) is 1. The Morgan fingerprint density at radius 1 is 1.35 bits per heavy atom. The summed E-state index contributed by atoms with van der Waals surface area (Å²) in [4.78, 5) is 1.55. The molecule has 0 spiro atoms. The van der Waals surface area contributed by atoms with Crippen molar-refractivity contribution < 1.29 is 0 Å². The Morgan fingerprint density at radius 2 is 2.18 bits per heavy atom. The Morgan fingerprint density at radius 3 is 2.88 bits per heavy atom. The summed E-state index contributed by atoms with van der Waals surface area (Å²) >= 11 is 1.98. The molecule has 3 rings (SSSR count). The van der Waals surface area contributed by atoms with Crippen LogP contribution in [-0.4, -0.2) is 6.04 Å². The van der Waals surface area contributed by atoms with Gasteiger partial charge in [0, 0.05) is 22.2 Å². The lowest BCUT2D eigenvalue weighted by atomic mass is 10.1. The molecule has 0 aliphatic heterocycles. The van der Waals surface area contributed by atoms with Crippen molar-refractivity contribution in [3.05, 3.63) is 34.2 Å². The second-order valence-corrected chi connectivity index (χ2v) is 6.07. The van der Waals surface area contributed by atoms with E-state index in [-0.39, 0.29) is 0 Å². The molecule has 0 unspecified atom stereocenters. The molecule has 1 aliphatic rings. The number of fused-ring (bicyclic) bond motifs is 1. The van der Waals surface area contributed by atoms with Crippen LogP contribution < -0.4 is 5.32 Å². The Bertz CT molecular complexity index is 537. The van der Waals surface area contributed by atoms with E-state index in [9.17, 15) is 0 Å². The maximum atomic E-state index is 3.64. The highest BCUT2D eigenvalue weighted by atomic mass is 32.1. The van der Waals surface area contributed by atoms with Crippen molar-refractivity contribution in [2.24, 2.45) is 0 Å². The third-order valence-corrected chi connectivity index (χ3v) is 4.96. The maximum Gasteiger partial charge on any atom is 0.0378 e. The van der Waals surface area contributed by atoms with Crippen LogP contribution in [0.1, 0.15) is 35.8 Å². The zero-order valence-corrected chi connectivity index (χ0v) is 11.4. The van der Waals surface area contributed by atoms with Gasteiger partial charge in [0.2, 0.25) is 0 Å². The first-order valence-corrected chi connectivity index (χ1v) is 7.34. The molecule has 2 heteroatoms. The van der Waals surface area contributed by atoms with Crippen LogP contribution in [0.4, 0.5) is 0 Å². The zero-order valence-electron chi connectivity index (χ0n) is 10.5. The van der Waals surface area contributed by atoms with Gasteiger partial charge in [-0.15, -0.1) is 11.3 Å². The molecule has 0 bridgehead atoms. The molecule has 1 saturated carbocycles. The van der Waals surface area contributed by atoms with E-state index < -0.39 is 0 Å². The first-order chi connectivity index (χ1) is 8.29. The molecule has 1 heterocycles. The third kappa shape index (κ3) is 2.12. The molecule has 0 atom stereocenters. The predicted molar refractivity (Wildman–Crippen MR) is 75.8 cm³/mol. The van der Waals surface area contributed by atoms with Crippen molar-refractivity contribution in [1.29, 1.82) is 0 Å². The molecule has 1 aromatic heterocycles. The molecule has 0 amide bonds. The second kappa shape index (κ2) is 4.43. The van der Waals surface area contributed by atoms with Crippen molar-refractivity contribution in [3.8, 4) is 0 Å². The van der Waals surface area contributed by atoms with Crippen LogP contribution in [0.25, 0.3) is 10.1 Å². The molecular weight excluding hydrogens is 226 g/mol. The van der Waals surface area contributed by atoms with Crippen LogP contribution in [0.5, 0.6) is 0 Å². The van der Waals surface area contributed by atoms with E-state index >= 15 is 0 Å². The lowest BCUT2D eigenvalue weighted by Gasteiger charge is -2.03. The van der Waals surface area contributed by atoms with Gasteiger partial charge in [0.05, 0.1) is 0 Å². The summed E-state index contributed by atoms with van der Waals surface area (Å²) in [6.07, 6.45) is 3.88. The molecular formula is C15H19NS. The van der Waals surface area contributed by atoms with E-state index in [1.807, 2.05) is 11.3 Å². The number of benzene rings is 1. The summed E-state index contributed by atoms with van der Waals surface area (Å²) in [7, 11) is 0. The number of rotatable bonds is 4. The van der Waals surface area contributed by atoms with Crippen LogP contribution in [0.3, 0.4) is 0 Å². The maximum absolute atomic E-state index is 3.64. The topological polar surface area (TPSA) is 12.0 Å². The van der Waals surface area contributed by atoms with Crippen LogP contribution in [0.2, 0.25) is 0 Å². The highest BCUT2D eigenvalue weighted by Gasteiger charge is 2.21. The Kier molecular flexibility index (Phi) is 2.93. The Hall–Kier alpha value is -0.860. The molecule has 0 saturated heterocycles. The van der Waals surface area contributed by atoms with Crippen molar-refractivity contribution in [1.82, 2.24) is 5.32 Å². The molecule has 1 N–H and O–H groups in total. The lowest BCUT2D eigenvalue weighted by Crippen LogP contribution is -2.15. The molecule has 17 heavy (non-hydrogen) atoms. The smallest absolute Gasteiger partial charge is 0.0378 e. The normalized spacial score (nSPS) is 15.6. The predicted octanol–water partition coefficient (Wildman–Crippen LogP) is 4.02. The van der Waals surface area contributed by atoms with Gasteiger partial charge >= 0.3 is 0 Å². The highest BCUT2D eigenvalue weighted by molar-refractivity contribution is 7.19. The fraction of sp³-hybridized carbons (Fsp3) is 0.467. The molecule has 90 valence electrons. The van der Waals surface area contributed by atoms with Crippen molar-refractivity contribution >= 4 is 21.4 Å². The average Bonchev–Trinajstić information content (AvgIpc) is 3.08. The summed E-state index contributed by atoms with van der Waals surface area (Å²) < 4.78 is 1.48. The van der Waals surface area contributed by atoms with Crippen LogP contribution in [0.15, 0.2) is 18.2 Å². The minimum atomic E-state index is 0.797. The summed E-state index contributed by atoms with van der Waals surface area (Å²) in [6, 6.07) is 7.47. The van der Waals surface area contributed by atoms with Crippen molar-refractivity contribution in [3.63, 3.8) is 0 Å². The van der Waals surface area contributed by atoms with Gasteiger partial charge < -0.3 is 5.32 Å². The number of hydrogen-bond acceptors (Lipinski definition) is 2. The van der Waals surface area contributed by atoms with Gasteiger partial charge in [0.25, 0.3) is 0 Å². The Balaban J connectivity index is 2.00. The standard InChI is InChI=1S/C15H19NS/c1-3-12-13-6-4-5-10(2)15(13)17-14(12)9-16-11-7-8-11/h4-6,11,16H,3,7-9H2,1-2H3. The van der Waals surface area contributed by atoms with Crippen LogP contribution in [-0.2, 0) is 13.0 Å². The summed E-state index contributed by atoms with van der Waals surface area (Å²) in [5.41, 5.74) is 2.97.